The molecule has 3 atom stereocenters. The number of amides is 2. The van der Waals surface area contributed by atoms with Crippen molar-refractivity contribution in [3.05, 3.63) is 35.9 Å². The highest BCUT2D eigenvalue weighted by molar-refractivity contribution is 5.95. The van der Waals surface area contributed by atoms with Crippen LogP contribution in [0.25, 0.3) is 0 Å². The van der Waals surface area contributed by atoms with Crippen LogP contribution in [0.4, 0.5) is 4.79 Å². The molecule has 0 unspecified atom stereocenters. The van der Waals surface area contributed by atoms with E-state index in [-0.39, 0.29) is 36.7 Å². The van der Waals surface area contributed by atoms with E-state index in [1.165, 1.54) is 0 Å². The van der Waals surface area contributed by atoms with E-state index < -0.39 is 5.60 Å². The number of ether oxygens (including phenoxy) is 2. The maximum Gasteiger partial charge on any atom is 0.411 e. The molecule has 4 rings (SSSR count). The van der Waals surface area contributed by atoms with Crippen molar-refractivity contribution in [2.75, 3.05) is 13.2 Å². The molecule has 1 spiro atoms. The summed E-state index contributed by atoms with van der Waals surface area (Å²) in [6, 6.07) is 9.64. The van der Waals surface area contributed by atoms with Crippen molar-refractivity contribution in [1.82, 2.24) is 9.80 Å². The monoisotopic (exact) mass is 344 g/mol. The molecule has 3 aliphatic heterocycles. The highest BCUT2D eigenvalue weighted by atomic mass is 16.6. The van der Waals surface area contributed by atoms with Crippen molar-refractivity contribution in [3.63, 3.8) is 0 Å². The molecule has 3 heterocycles. The van der Waals surface area contributed by atoms with E-state index in [4.69, 9.17) is 9.47 Å². The minimum Gasteiger partial charge on any atom is -0.444 e. The van der Waals surface area contributed by atoms with Crippen molar-refractivity contribution >= 4 is 12.0 Å². The van der Waals surface area contributed by atoms with Gasteiger partial charge in [0.05, 0.1) is 6.04 Å². The summed E-state index contributed by atoms with van der Waals surface area (Å²) < 4.78 is 11.4. The quantitative estimate of drug-likeness (QED) is 0.790. The van der Waals surface area contributed by atoms with Crippen LogP contribution in [0.3, 0.4) is 0 Å². The van der Waals surface area contributed by atoms with Gasteiger partial charge in [-0.3, -0.25) is 9.69 Å². The standard InChI is InChI=1S/C19H24N2O4/c1-13(2)15-11-20(18(23)24-12-14-7-4-3-5-8-14)16-19(9-6-10-25-19)17(22)21(15)16/h3-5,7-8,13,15-16H,6,9-12H2,1-2H3/t15-,16-,19-/m1/s1. The van der Waals surface area contributed by atoms with E-state index in [0.29, 0.717) is 19.6 Å². The maximum atomic E-state index is 12.8. The number of benzene rings is 1. The molecule has 0 radical (unpaired) electrons. The van der Waals surface area contributed by atoms with Gasteiger partial charge in [-0.15, -0.1) is 0 Å². The maximum absolute atomic E-state index is 12.8. The molecule has 0 aliphatic carbocycles. The summed E-state index contributed by atoms with van der Waals surface area (Å²) in [4.78, 5) is 29.0. The fraction of sp³-hybridized carbons (Fsp3) is 0.579. The number of hydrogen-bond acceptors (Lipinski definition) is 4. The first-order valence-electron chi connectivity index (χ1n) is 8.98. The summed E-state index contributed by atoms with van der Waals surface area (Å²) in [6.45, 7) is 5.47. The first-order valence-corrected chi connectivity index (χ1v) is 8.98. The number of fused-ring (bicyclic) bond motifs is 2. The Labute approximate surface area is 147 Å². The van der Waals surface area contributed by atoms with Gasteiger partial charge in [-0.2, -0.15) is 0 Å². The second kappa shape index (κ2) is 6.02. The summed E-state index contributed by atoms with van der Waals surface area (Å²) in [5.41, 5.74) is 0.110. The van der Waals surface area contributed by atoms with Crippen molar-refractivity contribution in [3.8, 4) is 0 Å². The van der Waals surface area contributed by atoms with Gasteiger partial charge in [-0.1, -0.05) is 44.2 Å². The third kappa shape index (κ3) is 2.42. The lowest BCUT2D eigenvalue weighted by Gasteiger charge is -2.53. The van der Waals surface area contributed by atoms with Crippen molar-refractivity contribution < 1.29 is 19.1 Å². The molecule has 6 nitrogen and oxygen atoms in total. The van der Waals surface area contributed by atoms with Crippen LogP contribution in [-0.2, 0) is 20.9 Å². The average Bonchev–Trinajstić information content (AvgIpc) is 3.25. The van der Waals surface area contributed by atoms with Crippen molar-refractivity contribution in [2.45, 2.75) is 51.1 Å². The van der Waals surface area contributed by atoms with E-state index in [1.54, 1.807) is 4.90 Å². The first-order chi connectivity index (χ1) is 12.0. The van der Waals surface area contributed by atoms with Crippen LogP contribution in [0.5, 0.6) is 0 Å². The van der Waals surface area contributed by atoms with E-state index in [9.17, 15) is 9.59 Å². The molecule has 0 saturated carbocycles. The average molecular weight is 344 g/mol. The number of carbonyl (C=O) groups is 2. The van der Waals surface area contributed by atoms with E-state index in [1.807, 2.05) is 35.2 Å². The number of hydrogen-bond donors (Lipinski definition) is 0. The molecule has 3 fully saturated rings. The smallest absolute Gasteiger partial charge is 0.411 e. The van der Waals surface area contributed by atoms with Gasteiger partial charge < -0.3 is 14.4 Å². The summed E-state index contributed by atoms with van der Waals surface area (Å²) in [5, 5.41) is 0. The number of β-lactam (4-membered cyclic amide) rings is 1. The Bertz CT molecular complexity index is 669. The van der Waals surface area contributed by atoms with E-state index >= 15 is 0 Å². The Balaban J connectivity index is 1.52. The lowest BCUT2D eigenvalue weighted by Crippen LogP contribution is -2.76. The van der Waals surface area contributed by atoms with Crippen molar-refractivity contribution in [1.29, 1.82) is 0 Å². The Morgan fingerprint density at radius 1 is 1.36 bits per heavy atom. The van der Waals surface area contributed by atoms with E-state index in [2.05, 4.69) is 13.8 Å². The third-order valence-corrected chi connectivity index (χ3v) is 5.57. The molecule has 0 aromatic heterocycles. The third-order valence-electron chi connectivity index (χ3n) is 5.57. The minimum absolute atomic E-state index is 0.0246. The van der Waals surface area contributed by atoms with Gasteiger partial charge in [0.1, 0.15) is 12.8 Å². The van der Waals surface area contributed by atoms with Crippen LogP contribution in [0.15, 0.2) is 30.3 Å². The van der Waals surface area contributed by atoms with Crippen LogP contribution in [0, 0.1) is 5.92 Å². The predicted octanol–water partition coefficient (Wildman–Crippen LogP) is 2.38. The van der Waals surface area contributed by atoms with E-state index in [0.717, 1.165) is 12.0 Å². The molecular weight excluding hydrogens is 320 g/mol. The van der Waals surface area contributed by atoms with Gasteiger partial charge in [0.25, 0.3) is 5.91 Å². The second-order valence-corrected chi connectivity index (χ2v) is 7.43. The molecule has 3 saturated heterocycles. The molecule has 25 heavy (non-hydrogen) atoms. The van der Waals surface area contributed by atoms with Gasteiger partial charge in [-0.25, -0.2) is 4.79 Å². The lowest BCUT2D eigenvalue weighted by molar-refractivity contribution is -0.204. The zero-order chi connectivity index (χ0) is 17.6. The normalized spacial score (nSPS) is 30.8. The minimum atomic E-state index is -0.838. The summed E-state index contributed by atoms with van der Waals surface area (Å²) in [6.07, 6.45) is 0.845. The molecule has 1 aromatic rings. The van der Waals surface area contributed by atoms with Crippen LogP contribution in [-0.4, -0.2) is 52.8 Å². The molecule has 3 aliphatic rings. The molecule has 2 amide bonds. The molecule has 1 aromatic carbocycles. The number of rotatable bonds is 3. The molecular formula is C19H24N2O4. The first kappa shape index (κ1) is 16.4. The fourth-order valence-electron chi connectivity index (χ4n) is 4.26. The zero-order valence-electron chi connectivity index (χ0n) is 14.7. The Morgan fingerprint density at radius 3 is 2.76 bits per heavy atom. The summed E-state index contributed by atoms with van der Waals surface area (Å²) >= 11 is 0. The number of nitrogens with zero attached hydrogens (tertiary/aromatic N) is 2. The highest BCUT2D eigenvalue weighted by Gasteiger charge is 2.71. The van der Waals surface area contributed by atoms with Gasteiger partial charge >= 0.3 is 6.09 Å². The van der Waals surface area contributed by atoms with Gasteiger partial charge in [0.2, 0.25) is 0 Å². The largest absolute Gasteiger partial charge is 0.444 e. The molecule has 0 bridgehead atoms. The lowest BCUT2D eigenvalue weighted by atomic mass is 9.84. The molecule has 0 N–H and O–H groups in total. The Kier molecular flexibility index (Phi) is 3.95. The Hall–Kier alpha value is -2.08. The van der Waals surface area contributed by atoms with Crippen LogP contribution >= 0.6 is 0 Å². The van der Waals surface area contributed by atoms with Gasteiger partial charge in [0.15, 0.2) is 5.60 Å². The molecule has 134 valence electrons. The second-order valence-electron chi connectivity index (χ2n) is 7.43. The molecule has 6 heteroatoms. The fourth-order valence-corrected chi connectivity index (χ4v) is 4.26. The SMILES string of the molecule is CC(C)[C@H]1CN(C(=O)OCc2ccccc2)[C@@H]2N1C(=O)[C@@]21CCCO1. The summed E-state index contributed by atoms with van der Waals surface area (Å²) in [7, 11) is 0. The van der Waals surface area contributed by atoms with Crippen molar-refractivity contribution in [2.24, 2.45) is 5.92 Å². The van der Waals surface area contributed by atoms with Gasteiger partial charge in [-0.05, 0) is 24.3 Å². The topological polar surface area (TPSA) is 59.1 Å². The summed E-state index contributed by atoms with van der Waals surface area (Å²) in [5.74, 6) is 0.309. The van der Waals surface area contributed by atoms with Crippen LogP contribution in [0.2, 0.25) is 0 Å². The van der Waals surface area contributed by atoms with Gasteiger partial charge in [0, 0.05) is 13.2 Å². The zero-order valence-corrected chi connectivity index (χ0v) is 14.7. The highest BCUT2D eigenvalue weighted by Crippen LogP contribution is 2.49. The predicted molar refractivity (Wildman–Crippen MR) is 90.5 cm³/mol. The van der Waals surface area contributed by atoms with Crippen LogP contribution < -0.4 is 0 Å². The Morgan fingerprint density at radius 2 is 2.12 bits per heavy atom. The van der Waals surface area contributed by atoms with Crippen LogP contribution in [0.1, 0.15) is 32.3 Å². The number of carbonyl (C=O) groups excluding carboxylic acids is 2.